The van der Waals surface area contributed by atoms with Crippen LogP contribution in [0.3, 0.4) is 0 Å². The number of hydrogen-bond donors (Lipinski definition) is 1. The Morgan fingerprint density at radius 3 is 2.86 bits per heavy atom. The van der Waals surface area contributed by atoms with Gasteiger partial charge in [0.05, 0.1) is 5.02 Å². The normalized spacial score (nSPS) is 12.9. The first-order valence-corrected chi connectivity index (χ1v) is 5.13. The fourth-order valence-electron chi connectivity index (χ4n) is 1.26. The van der Waals surface area contributed by atoms with Gasteiger partial charge in [-0.25, -0.2) is 4.39 Å². The van der Waals surface area contributed by atoms with Crippen molar-refractivity contribution in [2.75, 3.05) is 7.05 Å². The van der Waals surface area contributed by atoms with Gasteiger partial charge in [-0.1, -0.05) is 23.7 Å². The summed E-state index contributed by atoms with van der Waals surface area (Å²) in [7, 11) is 1.91. The number of aryl methyl sites for hydroxylation is 1. The lowest BCUT2D eigenvalue weighted by Crippen LogP contribution is -2.21. The maximum absolute atomic E-state index is 13.0. The summed E-state index contributed by atoms with van der Waals surface area (Å²) in [5, 5.41) is 3.39. The van der Waals surface area contributed by atoms with Crippen LogP contribution in [-0.4, -0.2) is 13.1 Å². The minimum absolute atomic E-state index is 0.260. The fraction of sp³-hybridized carbons (Fsp3) is 0.455. The van der Waals surface area contributed by atoms with Crippen LogP contribution in [0, 0.1) is 5.82 Å². The largest absolute Gasteiger partial charge is 0.317 e. The van der Waals surface area contributed by atoms with E-state index in [4.69, 9.17) is 11.6 Å². The highest BCUT2D eigenvalue weighted by Crippen LogP contribution is 2.21. The third kappa shape index (κ3) is 2.96. The number of nitrogens with one attached hydrogen (secondary N) is 1. The van der Waals surface area contributed by atoms with E-state index in [0.717, 1.165) is 18.4 Å². The van der Waals surface area contributed by atoms with E-state index in [1.54, 1.807) is 6.07 Å². The summed E-state index contributed by atoms with van der Waals surface area (Å²) in [5.41, 5.74) is 0.883. The van der Waals surface area contributed by atoms with Gasteiger partial charge in [0.2, 0.25) is 0 Å². The lowest BCUT2D eigenvalue weighted by atomic mass is 10.1. The van der Waals surface area contributed by atoms with Crippen LogP contribution in [0.5, 0.6) is 0 Å². The number of benzene rings is 1. The average molecular weight is 216 g/mol. The van der Waals surface area contributed by atoms with Crippen LogP contribution < -0.4 is 5.32 Å². The van der Waals surface area contributed by atoms with E-state index in [-0.39, 0.29) is 10.8 Å². The second-order valence-electron chi connectivity index (χ2n) is 3.44. The van der Waals surface area contributed by atoms with Crippen LogP contribution in [0.25, 0.3) is 0 Å². The van der Waals surface area contributed by atoms with Crippen molar-refractivity contribution in [2.24, 2.45) is 0 Å². The topological polar surface area (TPSA) is 12.0 Å². The van der Waals surface area contributed by atoms with Crippen molar-refractivity contribution < 1.29 is 4.39 Å². The molecule has 0 bridgehead atoms. The molecule has 0 aliphatic rings. The molecule has 0 radical (unpaired) electrons. The Labute approximate surface area is 89.3 Å². The predicted molar refractivity (Wildman–Crippen MR) is 58.3 cm³/mol. The van der Waals surface area contributed by atoms with Crippen LogP contribution in [0.15, 0.2) is 18.2 Å². The van der Waals surface area contributed by atoms with Gasteiger partial charge in [0.25, 0.3) is 0 Å². The summed E-state index contributed by atoms with van der Waals surface area (Å²) in [6, 6.07) is 5.37. The molecule has 1 atom stereocenters. The lowest BCUT2D eigenvalue weighted by Gasteiger charge is -2.10. The average Bonchev–Trinajstić information content (AvgIpc) is 2.20. The number of hydrogen-bond acceptors (Lipinski definition) is 1. The van der Waals surface area contributed by atoms with E-state index < -0.39 is 0 Å². The number of rotatable bonds is 4. The fourth-order valence-corrected chi connectivity index (χ4v) is 1.48. The Morgan fingerprint density at radius 2 is 2.21 bits per heavy atom. The first kappa shape index (κ1) is 11.5. The van der Waals surface area contributed by atoms with Crippen LogP contribution in [0.2, 0.25) is 5.02 Å². The van der Waals surface area contributed by atoms with Gasteiger partial charge in [0.15, 0.2) is 0 Å². The molecule has 0 aliphatic heterocycles. The first-order chi connectivity index (χ1) is 6.65. The Kier molecular flexibility index (Phi) is 4.36. The second kappa shape index (κ2) is 5.32. The van der Waals surface area contributed by atoms with E-state index >= 15 is 0 Å². The minimum Gasteiger partial charge on any atom is -0.317 e. The molecule has 78 valence electrons. The van der Waals surface area contributed by atoms with Gasteiger partial charge in [-0.05, 0) is 38.4 Å². The van der Waals surface area contributed by atoms with Gasteiger partial charge < -0.3 is 5.32 Å². The van der Waals surface area contributed by atoms with E-state index in [2.05, 4.69) is 12.2 Å². The molecule has 0 spiro atoms. The molecule has 0 saturated heterocycles. The molecule has 0 heterocycles. The monoisotopic (exact) mass is 215 g/mol. The van der Waals surface area contributed by atoms with Crippen LogP contribution >= 0.6 is 11.6 Å². The maximum Gasteiger partial charge on any atom is 0.142 e. The molecule has 3 heteroatoms. The smallest absolute Gasteiger partial charge is 0.142 e. The molecule has 0 fully saturated rings. The minimum atomic E-state index is -0.332. The van der Waals surface area contributed by atoms with Crippen molar-refractivity contribution >= 4 is 11.6 Å². The molecular formula is C11H15ClFN. The zero-order chi connectivity index (χ0) is 10.6. The van der Waals surface area contributed by atoms with Crippen molar-refractivity contribution in [3.63, 3.8) is 0 Å². The highest BCUT2D eigenvalue weighted by atomic mass is 35.5. The van der Waals surface area contributed by atoms with Crippen molar-refractivity contribution in [1.29, 1.82) is 0 Å². The molecule has 0 saturated carbocycles. The SMILES string of the molecule is CNC(C)CCc1cccc(F)c1Cl. The van der Waals surface area contributed by atoms with Crippen LogP contribution in [0.4, 0.5) is 4.39 Å². The Hall–Kier alpha value is -0.600. The molecule has 0 amide bonds. The first-order valence-electron chi connectivity index (χ1n) is 4.75. The van der Waals surface area contributed by atoms with E-state index in [9.17, 15) is 4.39 Å². The van der Waals surface area contributed by atoms with Crippen LogP contribution in [0.1, 0.15) is 18.9 Å². The highest BCUT2D eigenvalue weighted by molar-refractivity contribution is 6.31. The molecule has 1 N–H and O–H groups in total. The van der Waals surface area contributed by atoms with E-state index in [1.165, 1.54) is 6.07 Å². The zero-order valence-corrected chi connectivity index (χ0v) is 9.24. The summed E-state index contributed by atoms with van der Waals surface area (Å²) in [4.78, 5) is 0. The molecule has 0 aromatic heterocycles. The molecule has 1 unspecified atom stereocenters. The quantitative estimate of drug-likeness (QED) is 0.814. The van der Waals surface area contributed by atoms with Crippen LogP contribution in [-0.2, 0) is 6.42 Å². The van der Waals surface area contributed by atoms with Gasteiger partial charge >= 0.3 is 0 Å². The van der Waals surface area contributed by atoms with E-state index in [1.807, 2.05) is 13.1 Å². The maximum atomic E-state index is 13.0. The Morgan fingerprint density at radius 1 is 1.50 bits per heavy atom. The molecule has 1 aromatic carbocycles. The van der Waals surface area contributed by atoms with Gasteiger partial charge in [-0.3, -0.25) is 0 Å². The highest BCUT2D eigenvalue weighted by Gasteiger charge is 2.06. The van der Waals surface area contributed by atoms with Crippen molar-refractivity contribution in [3.8, 4) is 0 Å². The molecule has 1 nitrogen and oxygen atoms in total. The third-order valence-electron chi connectivity index (χ3n) is 2.37. The Balaban J connectivity index is 2.63. The van der Waals surface area contributed by atoms with Crippen molar-refractivity contribution in [2.45, 2.75) is 25.8 Å². The van der Waals surface area contributed by atoms with Gasteiger partial charge in [0.1, 0.15) is 5.82 Å². The predicted octanol–water partition coefficient (Wildman–Crippen LogP) is 3.02. The van der Waals surface area contributed by atoms with Gasteiger partial charge in [-0.15, -0.1) is 0 Å². The molecule has 0 aliphatic carbocycles. The Bertz CT molecular complexity index is 301. The molecule has 1 rings (SSSR count). The summed E-state index contributed by atoms with van der Waals surface area (Å²) in [6.07, 6.45) is 1.76. The van der Waals surface area contributed by atoms with Gasteiger partial charge in [-0.2, -0.15) is 0 Å². The van der Waals surface area contributed by atoms with E-state index in [0.29, 0.717) is 6.04 Å². The van der Waals surface area contributed by atoms with Crippen molar-refractivity contribution in [1.82, 2.24) is 5.32 Å². The second-order valence-corrected chi connectivity index (χ2v) is 3.82. The summed E-state index contributed by atoms with van der Waals surface area (Å²) >= 11 is 5.82. The summed E-state index contributed by atoms with van der Waals surface area (Å²) in [5.74, 6) is -0.332. The van der Waals surface area contributed by atoms with Crippen molar-refractivity contribution in [3.05, 3.63) is 34.6 Å². The molecular weight excluding hydrogens is 201 g/mol. The lowest BCUT2D eigenvalue weighted by molar-refractivity contribution is 0.562. The third-order valence-corrected chi connectivity index (χ3v) is 2.79. The standard InChI is InChI=1S/C11H15ClFN/c1-8(14-2)6-7-9-4-3-5-10(13)11(9)12/h3-5,8,14H,6-7H2,1-2H3. The number of halogens is 2. The summed E-state index contributed by atoms with van der Waals surface area (Å²) < 4.78 is 13.0. The molecule has 1 aromatic rings. The molecule has 14 heavy (non-hydrogen) atoms. The zero-order valence-electron chi connectivity index (χ0n) is 8.48. The summed E-state index contributed by atoms with van der Waals surface area (Å²) in [6.45, 7) is 2.09. The van der Waals surface area contributed by atoms with Gasteiger partial charge in [0, 0.05) is 6.04 Å².